The summed E-state index contributed by atoms with van der Waals surface area (Å²) in [5, 5.41) is 13.7. The number of benzene rings is 1. The molecule has 3 heterocycles. The third-order valence-corrected chi connectivity index (χ3v) is 6.52. The quantitative estimate of drug-likeness (QED) is 0.644. The van der Waals surface area contributed by atoms with E-state index in [2.05, 4.69) is 10.1 Å². The van der Waals surface area contributed by atoms with Gasteiger partial charge in [0.25, 0.3) is 0 Å². The van der Waals surface area contributed by atoms with E-state index in [-0.39, 0.29) is 31.1 Å². The van der Waals surface area contributed by atoms with E-state index < -0.39 is 15.7 Å². The molecule has 27 heavy (non-hydrogen) atoms. The van der Waals surface area contributed by atoms with E-state index >= 15 is 0 Å². The van der Waals surface area contributed by atoms with Gasteiger partial charge >= 0.3 is 5.69 Å². The van der Waals surface area contributed by atoms with Crippen molar-refractivity contribution in [3.05, 3.63) is 52.8 Å². The van der Waals surface area contributed by atoms with Crippen LogP contribution in [0.4, 0.5) is 0 Å². The molecule has 138 valence electrons. The fourth-order valence-electron chi connectivity index (χ4n) is 3.28. The Morgan fingerprint density at radius 3 is 2.78 bits per heavy atom. The van der Waals surface area contributed by atoms with E-state index in [0.717, 1.165) is 10.1 Å². The zero-order valence-corrected chi connectivity index (χ0v) is 15.1. The number of aromatic nitrogens is 4. The van der Waals surface area contributed by atoms with Crippen molar-refractivity contribution in [1.82, 2.24) is 23.6 Å². The maximum absolute atomic E-state index is 13.2. The predicted molar refractivity (Wildman–Crippen MR) is 96.3 cm³/mol. The Morgan fingerprint density at radius 2 is 1.96 bits per heavy atom. The highest BCUT2D eigenvalue weighted by molar-refractivity contribution is 7.89. The minimum Gasteiger partial charge on any atom is -0.278 e. The van der Waals surface area contributed by atoms with Crippen LogP contribution in [0.25, 0.3) is 10.9 Å². The largest absolute Gasteiger partial charge is 0.346 e. The lowest BCUT2D eigenvalue weighted by Gasteiger charge is -2.20. The summed E-state index contributed by atoms with van der Waals surface area (Å²) in [6, 6.07) is 10.5. The van der Waals surface area contributed by atoms with E-state index in [1.807, 2.05) is 18.2 Å². The number of hydrogen-bond donors (Lipinski definition) is 0. The summed E-state index contributed by atoms with van der Waals surface area (Å²) in [6.45, 7) is 0.421. The molecule has 0 spiro atoms. The minimum absolute atomic E-state index is 0.122. The number of para-hydroxylation sites is 1. The second kappa shape index (κ2) is 6.61. The second-order valence-corrected chi connectivity index (χ2v) is 8.06. The van der Waals surface area contributed by atoms with Crippen molar-refractivity contribution < 1.29 is 8.42 Å². The molecular formula is C17H16N6O3S. The molecule has 4 rings (SSSR count). The molecule has 0 fully saturated rings. The normalized spacial score (nSPS) is 15.2. The SMILES string of the molecule is N#CCn1nc2n(c1=O)CCN(S(=O)(=O)c1cccc3cccnc13)CC2. The van der Waals surface area contributed by atoms with Crippen molar-refractivity contribution in [3.63, 3.8) is 0 Å². The van der Waals surface area contributed by atoms with Gasteiger partial charge in [0, 0.05) is 37.6 Å². The molecule has 9 nitrogen and oxygen atoms in total. The molecule has 0 radical (unpaired) electrons. The first-order chi connectivity index (χ1) is 13.0. The molecule has 0 amide bonds. The molecule has 1 aliphatic rings. The predicted octanol–water partition coefficient (Wildman–Crippen LogP) is 0.364. The Balaban J connectivity index is 1.68. The van der Waals surface area contributed by atoms with Gasteiger partial charge in [-0.3, -0.25) is 9.55 Å². The molecule has 0 bridgehead atoms. The lowest BCUT2D eigenvalue weighted by Crippen LogP contribution is -2.35. The molecule has 0 aliphatic carbocycles. The van der Waals surface area contributed by atoms with Crippen molar-refractivity contribution in [2.45, 2.75) is 24.4 Å². The molecule has 1 aliphatic heterocycles. The number of rotatable bonds is 3. The summed E-state index contributed by atoms with van der Waals surface area (Å²) in [5.74, 6) is 0.490. The van der Waals surface area contributed by atoms with Gasteiger partial charge in [-0.1, -0.05) is 18.2 Å². The highest BCUT2D eigenvalue weighted by Crippen LogP contribution is 2.24. The Kier molecular flexibility index (Phi) is 4.25. The first-order valence-corrected chi connectivity index (χ1v) is 9.84. The second-order valence-electron chi connectivity index (χ2n) is 6.15. The Bertz CT molecular complexity index is 1220. The summed E-state index contributed by atoms with van der Waals surface area (Å²) in [7, 11) is -3.77. The van der Waals surface area contributed by atoms with Crippen LogP contribution in [-0.2, 0) is 29.5 Å². The fourth-order valence-corrected chi connectivity index (χ4v) is 4.87. The summed E-state index contributed by atoms with van der Waals surface area (Å²) >= 11 is 0. The van der Waals surface area contributed by atoms with Crippen LogP contribution in [0.15, 0.2) is 46.2 Å². The Morgan fingerprint density at radius 1 is 1.15 bits per heavy atom. The van der Waals surface area contributed by atoms with Crippen molar-refractivity contribution in [2.75, 3.05) is 13.1 Å². The molecule has 0 saturated carbocycles. The van der Waals surface area contributed by atoms with Crippen molar-refractivity contribution in [3.8, 4) is 6.07 Å². The lowest BCUT2D eigenvalue weighted by atomic mass is 10.2. The van der Waals surface area contributed by atoms with Gasteiger partial charge in [-0.15, -0.1) is 0 Å². The third-order valence-electron chi connectivity index (χ3n) is 4.59. The average molecular weight is 384 g/mol. The van der Waals surface area contributed by atoms with Gasteiger partial charge in [-0.2, -0.15) is 19.3 Å². The monoisotopic (exact) mass is 384 g/mol. The van der Waals surface area contributed by atoms with Gasteiger partial charge in [-0.25, -0.2) is 13.2 Å². The number of sulfonamides is 1. The van der Waals surface area contributed by atoms with Crippen LogP contribution in [0.3, 0.4) is 0 Å². The molecule has 0 saturated heterocycles. The summed E-state index contributed by atoms with van der Waals surface area (Å²) in [4.78, 5) is 16.7. The number of nitrogens with zero attached hydrogens (tertiary/aromatic N) is 6. The number of pyridine rings is 1. The van der Waals surface area contributed by atoms with E-state index in [1.165, 1.54) is 8.87 Å². The topological polar surface area (TPSA) is 114 Å². The average Bonchev–Trinajstić information content (AvgIpc) is 2.84. The molecule has 0 N–H and O–H groups in total. The van der Waals surface area contributed by atoms with Crippen LogP contribution in [0.2, 0.25) is 0 Å². The van der Waals surface area contributed by atoms with Crippen molar-refractivity contribution in [2.24, 2.45) is 0 Å². The van der Waals surface area contributed by atoms with E-state index in [4.69, 9.17) is 5.26 Å². The fraction of sp³-hybridized carbons (Fsp3) is 0.294. The van der Waals surface area contributed by atoms with Crippen LogP contribution in [0.5, 0.6) is 0 Å². The highest BCUT2D eigenvalue weighted by Gasteiger charge is 2.30. The van der Waals surface area contributed by atoms with Gasteiger partial charge in [0.05, 0.1) is 11.6 Å². The van der Waals surface area contributed by atoms with Crippen LogP contribution < -0.4 is 5.69 Å². The van der Waals surface area contributed by atoms with Crippen LogP contribution in [-0.4, -0.2) is 45.1 Å². The molecular weight excluding hydrogens is 368 g/mol. The molecule has 3 aromatic rings. The summed E-state index contributed by atoms with van der Waals surface area (Å²) < 4.78 is 30.3. The zero-order chi connectivity index (χ0) is 19.0. The Hall–Kier alpha value is -3.03. The van der Waals surface area contributed by atoms with E-state index in [9.17, 15) is 13.2 Å². The number of nitriles is 1. The van der Waals surface area contributed by atoms with Crippen LogP contribution >= 0.6 is 0 Å². The van der Waals surface area contributed by atoms with Crippen LogP contribution in [0, 0.1) is 11.3 Å². The molecule has 0 atom stereocenters. The van der Waals surface area contributed by atoms with Gasteiger partial charge in [0.1, 0.15) is 17.3 Å². The molecule has 0 unspecified atom stereocenters. The first kappa shape index (κ1) is 17.4. The highest BCUT2D eigenvalue weighted by atomic mass is 32.2. The minimum atomic E-state index is -3.77. The number of hydrogen-bond acceptors (Lipinski definition) is 6. The van der Waals surface area contributed by atoms with E-state index in [1.54, 1.807) is 24.4 Å². The summed E-state index contributed by atoms with van der Waals surface area (Å²) in [6.07, 6.45) is 1.86. The van der Waals surface area contributed by atoms with Crippen molar-refractivity contribution >= 4 is 20.9 Å². The lowest BCUT2D eigenvalue weighted by molar-refractivity contribution is 0.411. The molecule has 1 aromatic carbocycles. The maximum atomic E-state index is 13.2. The van der Waals surface area contributed by atoms with Gasteiger partial charge in [-0.05, 0) is 12.1 Å². The molecule has 10 heteroatoms. The van der Waals surface area contributed by atoms with Gasteiger partial charge in [0.15, 0.2) is 0 Å². The summed E-state index contributed by atoms with van der Waals surface area (Å²) in [5.41, 5.74) is 0.0379. The van der Waals surface area contributed by atoms with E-state index in [0.29, 0.717) is 17.8 Å². The third kappa shape index (κ3) is 2.90. The Labute approximate surface area is 155 Å². The van der Waals surface area contributed by atoms with Gasteiger partial charge in [0.2, 0.25) is 10.0 Å². The van der Waals surface area contributed by atoms with Gasteiger partial charge < -0.3 is 0 Å². The zero-order valence-electron chi connectivity index (χ0n) is 14.3. The van der Waals surface area contributed by atoms with Crippen molar-refractivity contribution in [1.29, 1.82) is 5.26 Å². The maximum Gasteiger partial charge on any atom is 0.346 e. The first-order valence-electron chi connectivity index (χ1n) is 8.40. The number of fused-ring (bicyclic) bond motifs is 2. The standard InChI is InChI=1S/C17H16N6O3S/c18-7-10-23-17(24)22-12-11-21(9-6-15(22)20-23)27(25,26)14-5-1-3-13-4-2-8-19-16(13)14/h1-5,8H,6,9-12H2. The molecule has 2 aromatic heterocycles. The van der Waals surface area contributed by atoms with Crippen LogP contribution in [0.1, 0.15) is 5.82 Å². The smallest absolute Gasteiger partial charge is 0.278 e.